The monoisotopic (exact) mass is 362 g/mol. The number of amides is 1. The van der Waals surface area contributed by atoms with E-state index in [1.807, 2.05) is 66.7 Å². The van der Waals surface area contributed by atoms with Gasteiger partial charge in [0.05, 0.1) is 26.5 Å². The van der Waals surface area contributed by atoms with Gasteiger partial charge in [-0.15, -0.1) is 0 Å². The standard InChI is InChI=1S/C22H22N2O3/c1-26-17-12-13-20(21(14-17)27-2)23-15-22(25)24-19-11-7-6-10-18(19)16-8-4-3-5-9-16/h3-14,23H,15H2,1-2H3,(H,24,25). The summed E-state index contributed by atoms with van der Waals surface area (Å²) in [5.41, 5.74) is 3.54. The number of nitrogens with one attached hydrogen (secondary N) is 2. The number of hydrogen-bond acceptors (Lipinski definition) is 4. The van der Waals surface area contributed by atoms with Crippen molar-refractivity contribution in [3.05, 3.63) is 72.8 Å². The Bertz CT molecular complexity index is 910. The fraction of sp³-hybridized carbons (Fsp3) is 0.136. The number of rotatable bonds is 7. The van der Waals surface area contributed by atoms with Crippen LogP contribution in [0.15, 0.2) is 72.8 Å². The summed E-state index contributed by atoms with van der Waals surface area (Å²) in [5.74, 6) is 1.17. The van der Waals surface area contributed by atoms with Crippen LogP contribution in [0, 0.1) is 0 Å². The molecule has 0 fully saturated rings. The van der Waals surface area contributed by atoms with E-state index in [-0.39, 0.29) is 12.5 Å². The first-order valence-corrected chi connectivity index (χ1v) is 8.61. The van der Waals surface area contributed by atoms with Gasteiger partial charge in [-0.3, -0.25) is 4.79 Å². The second kappa shape index (κ2) is 8.76. The topological polar surface area (TPSA) is 59.6 Å². The second-order valence-electron chi connectivity index (χ2n) is 5.88. The highest BCUT2D eigenvalue weighted by Gasteiger charge is 2.10. The van der Waals surface area contributed by atoms with E-state index in [0.29, 0.717) is 11.5 Å². The van der Waals surface area contributed by atoms with Crippen LogP contribution < -0.4 is 20.1 Å². The zero-order valence-electron chi connectivity index (χ0n) is 15.4. The predicted octanol–water partition coefficient (Wildman–Crippen LogP) is 4.42. The van der Waals surface area contributed by atoms with Crippen LogP contribution in [0.2, 0.25) is 0 Å². The lowest BCUT2D eigenvalue weighted by Gasteiger charge is -2.14. The van der Waals surface area contributed by atoms with E-state index >= 15 is 0 Å². The highest BCUT2D eigenvalue weighted by molar-refractivity contribution is 5.97. The summed E-state index contributed by atoms with van der Waals surface area (Å²) in [6.45, 7) is 0.117. The molecule has 0 saturated heterocycles. The summed E-state index contributed by atoms with van der Waals surface area (Å²) in [6, 6.07) is 23.1. The Morgan fingerprint density at radius 1 is 0.852 bits per heavy atom. The van der Waals surface area contributed by atoms with Gasteiger partial charge < -0.3 is 20.1 Å². The maximum absolute atomic E-state index is 12.5. The van der Waals surface area contributed by atoms with E-state index < -0.39 is 0 Å². The van der Waals surface area contributed by atoms with E-state index in [2.05, 4.69) is 10.6 Å². The summed E-state index contributed by atoms with van der Waals surface area (Å²) in [7, 11) is 3.18. The molecule has 0 heterocycles. The number of hydrogen-bond donors (Lipinski definition) is 2. The number of benzene rings is 3. The molecule has 5 heteroatoms. The smallest absolute Gasteiger partial charge is 0.243 e. The van der Waals surface area contributed by atoms with Gasteiger partial charge in [-0.05, 0) is 23.8 Å². The fourth-order valence-electron chi connectivity index (χ4n) is 2.78. The third-order valence-electron chi connectivity index (χ3n) is 4.13. The highest BCUT2D eigenvalue weighted by Crippen LogP contribution is 2.29. The van der Waals surface area contributed by atoms with Gasteiger partial charge in [0, 0.05) is 17.3 Å². The maximum atomic E-state index is 12.5. The number of methoxy groups -OCH3 is 2. The molecular weight excluding hydrogens is 340 g/mol. The molecule has 138 valence electrons. The van der Waals surface area contributed by atoms with Crippen molar-refractivity contribution in [2.24, 2.45) is 0 Å². The molecule has 0 aliphatic heterocycles. The van der Waals surface area contributed by atoms with Gasteiger partial charge in [0.2, 0.25) is 5.91 Å². The minimum atomic E-state index is -0.142. The molecule has 0 unspecified atom stereocenters. The Morgan fingerprint density at radius 2 is 1.59 bits per heavy atom. The molecule has 2 N–H and O–H groups in total. The van der Waals surface area contributed by atoms with Gasteiger partial charge in [0.25, 0.3) is 0 Å². The van der Waals surface area contributed by atoms with Gasteiger partial charge in [0.1, 0.15) is 11.5 Å². The normalized spacial score (nSPS) is 10.1. The Morgan fingerprint density at radius 3 is 2.33 bits per heavy atom. The Kier molecular flexibility index (Phi) is 5.94. The van der Waals surface area contributed by atoms with Gasteiger partial charge in [-0.1, -0.05) is 48.5 Å². The average molecular weight is 362 g/mol. The molecule has 0 radical (unpaired) electrons. The van der Waals surface area contributed by atoms with Gasteiger partial charge in [0.15, 0.2) is 0 Å². The van der Waals surface area contributed by atoms with Crippen LogP contribution in [0.4, 0.5) is 11.4 Å². The van der Waals surface area contributed by atoms with Crippen LogP contribution in [-0.4, -0.2) is 26.7 Å². The lowest BCUT2D eigenvalue weighted by molar-refractivity contribution is -0.114. The third-order valence-corrected chi connectivity index (χ3v) is 4.13. The largest absolute Gasteiger partial charge is 0.497 e. The number of ether oxygens (including phenoxy) is 2. The van der Waals surface area contributed by atoms with Crippen LogP contribution in [0.1, 0.15) is 0 Å². The van der Waals surface area contributed by atoms with Gasteiger partial charge in [-0.25, -0.2) is 0 Å². The van der Waals surface area contributed by atoms with E-state index in [1.54, 1.807) is 20.3 Å². The summed E-state index contributed by atoms with van der Waals surface area (Å²) in [6.07, 6.45) is 0. The number of para-hydroxylation sites is 1. The van der Waals surface area contributed by atoms with Crippen molar-refractivity contribution < 1.29 is 14.3 Å². The molecule has 3 rings (SSSR count). The molecule has 0 aromatic heterocycles. The van der Waals surface area contributed by atoms with Crippen molar-refractivity contribution >= 4 is 17.3 Å². The van der Waals surface area contributed by atoms with Crippen LogP contribution >= 0.6 is 0 Å². The summed E-state index contributed by atoms with van der Waals surface area (Å²) < 4.78 is 10.5. The summed E-state index contributed by atoms with van der Waals surface area (Å²) in [5, 5.41) is 6.07. The van der Waals surface area contributed by atoms with Crippen molar-refractivity contribution in [2.75, 3.05) is 31.4 Å². The quantitative estimate of drug-likeness (QED) is 0.653. The first-order valence-electron chi connectivity index (χ1n) is 8.61. The van der Waals surface area contributed by atoms with Crippen molar-refractivity contribution in [1.29, 1.82) is 0 Å². The SMILES string of the molecule is COc1ccc(NCC(=O)Nc2ccccc2-c2ccccc2)c(OC)c1. The molecule has 1 amide bonds. The molecule has 5 nitrogen and oxygen atoms in total. The number of anilines is 2. The molecule has 0 aliphatic rings. The van der Waals surface area contributed by atoms with Crippen molar-refractivity contribution in [3.8, 4) is 22.6 Å². The molecule has 0 atom stereocenters. The van der Waals surface area contributed by atoms with Crippen LogP contribution in [0.5, 0.6) is 11.5 Å². The average Bonchev–Trinajstić information content (AvgIpc) is 2.73. The maximum Gasteiger partial charge on any atom is 0.243 e. The Balaban J connectivity index is 1.69. The minimum Gasteiger partial charge on any atom is -0.497 e. The Labute approximate surface area is 158 Å². The molecule has 0 saturated carbocycles. The van der Waals surface area contributed by atoms with Crippen molar-refractivity contribution in [2.45, 2.75) is 0 Å². The molecule has 27 heavy (non-hydrogen) atoms. The van der Waals surface area contributed by atoms with Crippen molar-refractivity contribution in [1.82, 2.24) is 0 Å². The highest BCUT2D eigenvalue weighted by atomic mass is 16.5. The van der Waals surface area contributed by atoms with Gasteiger partial charge >= 0.3 is 0 Å². The first kappa shape index (κ1) is 18.3. The van der Waals surface area contributed by atoms with E-state index in [4.69, 9.17) is 9.47 Å². The Hall–Kier alpha value is -3.47. The van der Waals surface area contributed by atoms with E-state index in [9.17, 15) is 4.79 Å². The van der Waals surface area contributed by atoms with E-state index in [1.165, 1.54) is 0 Å². The van der Waals surface area contributed by atoms with Gasteiger partial charge in [-0.2, -0.15) is 0 Å². The van der Waals surface area contributed by atoms with Crippen molar-refractivity contribution in [3.63, 3.8) is 0 Å². The molecule has 3 aromatic carbocycles. The van der Waals surface area contributed by atoms with E-state index in [0.717, 1.165) is 22.5 Å². The van der Waals surface area contributed by atoms with Crippen LogP contribution in [0.3, 0.4) is 0 Å². The zero-order valence-corrected chi connectivity index (χ0v) is 15.4. The third kappa shape index (κ3) is 4.58. The zero-order chi connectivity index (χ0) is 19.1. The summed E-state index contributed by atoms with van der Waals surface area (Å²) >= 11 is 0. The molecule has 0 spiro atoms. The van der Waals surface area contributed by atoms with Crippen LogP contribution in [-0.2, 0) is 4.79 Å². The molecule has 0 aliphatic carbocycles. The minimum absolute atomic E-state index is 0.117. The molecule has 3 aromatic rings. The predicted molar refractivity (Wildman–Crippen MR) is 109 cm³/mol. The molecule has 0 bridgehead atoms. The molecular formula is C22H22N2O3. The second-order valence-corrected chi connectivity index (χ2v) is 5.88. The number of carbonyl (C=O) groups is 1. The fourth-order valence-corrected chi connectivity index (χ4v) is 2.78. The lowest BCUT2D eigenvalue weighted by atomic mass is 10.0. The van der Waals surface area contributed by atoms with Crippen LogP contribution in [0.25, 0.3) is 11.1 Å². The summed E-state index contributed by atoms with van der Waals surface area (Å²) in [4.78, 5) is 12.5. The first-order chi connectivity index (χ1) is 13.2. The lowest BCUT2D eigenvalue weighted by Crippen LogP contribution is -2.22. The number of carbonyl (C=O) groups excluding carboxylic acids is 1.